The van der Waals surface area contributed by atoms with E-state index in [0.717, 1.165) is 6.20 Å². The summed E-state index contributed by atoms with van der Waals surface area (Å²) in [6.45, 7) is 1.48. The normalized spacial score (nSPS) is 10.7. The summed E-state index contributed by atoms with van der Waals surface area (Å²) < 4.78 is 54.9. The third kappa shape index (κ3) is 9.84. The average Bonchev–Trinajstić information content (AvgIpc) is 3.40. The molecule has 0 aromatic carbocycles. The number of pyridine rings is 2. The number of aromatic nitrogens is 4. The van der Waals surface area contributed by atoms with E-state index in [-0.39, 0.29) is 40.5 Å². The van der Waals surface area contributed by atoms with Crippen molar-refractivity contribution in [2.45, 2.75) is 19.8 Å². The third-order valence-corrected chi connectivity index (χ3v) is 3.73. The Kier molecular flexibility index (Phi) is 12.2. The molecular weight excluding hydrogens is 528 g/mol. The van der Waals surface area contributed by atoms with E-state index in [0.29, 0.717) is 0 Å². The van der Waals surface area contributed by atoms with Crippen LogP contribution in [0.25, 0.3) is 11.4 Å². The lowest BCUT2D eigenvalue weighted by molar-refractivity contribution is -0.155. The molecule has 14 nitrogen and oxygen atoms in total. The van der Waals surface area contributed by atoms with Gasteiger partial charge in [0, 0.05) is 35.9 Å². The fourth-order valence-electron chi connectivity index (χ4n) is 2.08. The Morgan fingerprint density at radius 1 is 1.00 bits per heavy atom. The zero-order chi connectivity index (χ0) is 28.8. The molecule has 0 saturated carbocycles. The van der Waals surface area contributed by atoms with Gasteiger partial charge in [0.2, 0.25) is 5.82 Å². The summed E-state index contributed by atoms with van der Waals surface area (Å²) in [4.78, 5) is 41.6. The molecule has 204 valence electrons. The van der Waals surface area contributed by atoms with Gasteiger partial charge in [0.1, 0.15) is 0 Å². The SMILES string of the molecule is CCOC(=O)C(F)F.N/C(=N\O)c1cncc(C(=O)O)c1.O=C(O)c1cncc(-c2noc(C(F)F)n2)c1. The maximum atomic E-state index is 12.2. The second-order valence-electron chi connectivity index (χ2n) is 6.33. The Hall–Kier alpha value is -5.16. The number of carbonyl (C=O) groups is 3. The van der Waals surface area contributed by atoms with Crippen LogP contribution in [-0.4, -0.2) is 72.3 Å². The Labute approximate surface area is 209 Å². The molecule has 0 aliphatic carbocycles. The molecule has 0 fully saturated rings. The highest BCUT2D eigenvalue weighted by Gasteiger charge is 2.18. The van der Waals surface area contributed by atoms with Gasteiger partial charge in [-0.15, -0.1) is 0 Å². The first-order valence-corrected chi connectivity index (χ1v) is 9.82. The number of alkyl halides is 4. The number of aromatic carboxylic acids is 2. The van der Waals surface area contributed by atoms with E-state index in [4.69, 9.17) is 21.2 Å². The van der Waals surface area contributed by atoms with Crippen LogP contribution in [0.1, 0.15) is 45.5 Å². The van der Waals surface area contributed by atoms with Gasteiger partial charge in [0.05, 0.1) is 17.7 Å². The Bertz CT molecular complexity index is 1270. The van der Waals surface area contributed by atoms with E-state index in [2.05, 4.69) is 34.5 Å². The minimum atomic E-state index is -2.99. The van der Waals surface area contributed by atoms with Crippen molar-refractivity contribution in [3.8, 4) is 11.4 Å². The van der Waals surface area contributed by atoms with Crippen molar-refractivity contribution < 1.29 is 56.6 Å². The number of halogens is 4. The molecule has 0 aliphatic rings. The van der Waals surface area contributed by atoms with Crippen molar-refractivity contribution in [2.75, 3.05) is 6.61 Å². The Morgan fingerprint density at radius 3 is 2.00 bits per heavy atom. The van der Waals surface area contributed by atoms with Crippen LogP contribution in [0.4, 0.5) is 17.6 Å². The molecule has 0 radical (unpaired) electrons. The molecular formula is C20H18F4N6O8. The minimum Gasteiger partial charge on any atom is -0.478 e. The molecule has 38 heavy (non-hydrogen) atoms. The van der Waals surface area contributed by atoms with Crippen LogP contribution in [-0.2, 0) is 9.53 Å². The minimum absolute atomic E-state index is 0.00315. The van der Waals surface area contributed by atoms with Crippen LogP contribution in [0.3, 0.4) is 0 Å². The number of carbonyl (C=O) groups excluding carboxylic acids is 1. The predicted octanol–water partition coefficient (Wildman–Crippen LogP) is 2.46. The van der Waals surface area contributed by atoms with Crippen LogP contribution >= 0.6 is 0 Å². The van der Waals surface area contributed by atoms with Gasteiger partial charge < -0.3 is 30.4 Å². The average molecular weight is 546 g/mol. The molecule has 0 unspecified atom stereocenters. The van der Waals surface area contributed by atoms with E-state index in [9.17, 15) is 31.9 Å². The summed E-state index contributed by atoms with van der Waals surface area (Å²) in [7, 11) is 0. The number of nitrogens with zero attached hydrogens (tertiary/aromatic N) is 5. The second-order valence-corrected chi connectivity index (χ2v) is 6.33. The molecule has 3 aromatic rings. The van der Waals surface area contributed by atoms with Gasteiger partial charge in [-0.3, -0.25) is 9.97 Å². The molecule has 0 aliphatic heterocycles. The highest BCUT2D eigenvalue weighted by molar-refractivity contribution is 5.99. The molecule has 3 rings (SSSR count). The van der Waals surface area contributed by atoms with E-state index in [1.807, 2.05) is 0 Å². The van der Waals surface area contributed by atoms with Gasteiger partial charge in [-0.1, -0.05) is 10.3 Å². The van der Waals surface area contributed by atoms with E-state index >= 15 is 0 Å². The van der Waals surface area contributed by atoms with Crippen molar-refractivity contribution in [1.82, 2.24) is 20.1 Å². The molecule has 0 spiro atoms. The van der Waals surface area contributed by atoms with Gasteiger partial charge in [0.15, 0.2) is 5.84 Å². The molecule has 0 saturated heterocycles. The van der Waals surface area contributed by atoms with Gasteiger partial charge in [-0.05, 0) is 19.1 Å². The highest BCUT2D eigenvalue weighted by Crippen LogP contribution is 2.21. The lowest BCUT2D eigenvalue weighted by atomic mass is 10.2. The zero-order valence-corrected chi connectivity index (χ0v) is 19.0. The van der Waals surface area contributed by atoms with Crippen LogP contribution in [0, 0.1) is 0 Å². The molecule has 3 aromatic heterocycles. The summed E-state index contributed by atoms with van der Waals surface area (Å²) in [6.07, 6.45) is -0.994. The second kappa shape index (κ2) is 15.1. The number of amidine groups is 1. The molecule has 0 bridgehead atoms. The Balaban J connectivity index is 0.000000306. The molecule has 0 amide bonds. The lowest BCUT2D eigenvalue weighted by Crippen LogP contribution is -2.14. The largest absolute Gasteiger partial charge is 0.478 e. The van der Waals surface area contributed by atoms with E-state index < -0.39 is 36.6 Å². The Morgan fingerprint density at radius 2 is 1.55 bits per heavy atom. The smallest absolute Gasteiger partial charge is 0.373 e. The maximum Gasteiger partial charge on any atom is 0.373 e. The standard InChI is InChI=1S/C9H5F2N3O3.C7H7N3O3.C4H6F2O2/c10-6(11)8-13-7(14-17-8)4-1-5(9(15)16)3-12-2-4;8-6(10-13)4-1-5(7(11)12)3-9-2-4;1-2-8-4(7)3(5)6/h1-3,6H,(H,15,16);1-3,13H,(H2,8,10)(H,11,12);3H,2H2,1H3. The van der Waals surface area contributed by atoms with Crippen LogP contribution in [0.2, 0.25) is 0 Å². The zero-order valence-electron chi connectivity index (χ0n) is 19.0. The van der Waals surface area contributed by atoms with Crippen molar-refractivity contribution in [3.63, 3.8) is 0 Å². The number of carboxylic acids is 2. The van der Waals surface area contributed by atoms with Gasteiger partial charge in [0.25, 0.3) is 5.89 Å². The van der Waals surface area contributed by atoms with Gasteiger partial charge in [-0.25, -0.2) is 14.4 Å². The summed E-state index contributed by atoms with van der Waals surface area (Å²) in [5.74, 6) is -4.86. The van der Waals surface area contributed by atoms with Crippen molar-refractivity contribution >= 4 is 23.7 Å². The van der Waals surface area contributed by atoms with E-state index in [1.165, 1.54) is 37.6 Å². The van der Waals surface area contributed by atoms with Gasteiger partial charge in [-0.2, -0.15) is 22.5 Å². The maximum absolute atomic E-state index is 12.2. The fraction of sp³-hybridized carbons (Fsp3) is 0.200. The van der Waals surface area contributed by atoms with Crippen LogP contribution in [0.5, 0.6) is 0 Å². The van der Waals surface area contributed by atoms with Crippen LogP contribution < -0.4 is 5.73 Å². The summed E-state index contributed by atoms with van der Waals surface area (Å²) in [5.41, 5.74) is 5.59. The number of oxime groups is 1. The highest BCUT2D eigenvalue weighted by atomic mass is 19.3. The monoisotopic (exact) mass is 546 g/mol. The topological polar surface area (TPSA) is 224 Å². The summed E-state index contributed by atoms with van der Waals surface area (Å²) in [5, 5.41) is 31.6. The molecule has 18 heteroatoms. The number of nitrogens with two attached hydrogens (primary N) is 1. The van der Waals surface area contributed by atoms with Gasteiger partial charge >= 0.3 is 30.8 Å². The predicted molar refractivity (Wildman–Crippen MR) is 116 cm³/mol. The first kappa shape index (κ1) is 30.9. The number of carboxylic acid groups (broad SMARTS) is 2. The molecule has 0 atom stereocenters. The number of hydrogen-bond acceptors (Lipinski definition) is 11. The molecule has 3 heterocycles. The number of ether oxygens (including phenoxy) is 1. The number of rotatable bonds is 7. The van der Waals surface area contributed by atoms with Crippen molar-refractivity contribution in [1.29, 1.82) is 0 Å². The van der Waals surface area contributed by atoms with Crippen LogP contribution in [0.15, 0.2) is 46.6 Å². The first-order chi connectivity index (χ1) is 17.9. The summed E-state index contributed by atoms with van der Waals surface area (Å²) in [6, 6.07) is 2.49. The molecule has 5 N–H and O–H groups in total. The number of esters is 1. The third-order valence-electron chi connectivity index (χ3n) is 3.73. The van der Waals surface area contributed by atoms with Crippen molar-refractivity contribution in [3.05, 3.63) is 59.5 Å². The number of hydrogen-bond donors (Lipinski definition) is 4. The van der Waals surface area contributed by atoms with E-state index in [1.54, 1.807) is 0 Å². The summed E-state index contributed by atoms with van der Waals surface area (Å²) >= 11 is 0. The lowest BCUT2D eigenvalue weighted by Gasteiger charge is -1.98. The van der Waals surface area contributed by atoms with Crippen molar-refractivity contribution in [2.24, 2.45) is 10.9 Å². The fourth-order valence-corrected chi connectivity index (χ4v) is 2.08. The quantitative estimate of drug-likeness (QED) is 0.0835. The first-order valence-electron chi connectivity index (χ1n) is 9.82.